The van der Waals surface area contributed by atoms with Crippen LogP contribution in [0.1, 0.15) is 34.1 Å². The normalized spacial score (nSPS) is 49.9. The fourth-order valence-electron chi connectivity index (χ4n) is 3.26. The van der Waals surface area contributed by atoms with E-state index >= 15 is 0 Å². The molecule has 2 fully saturated rings. The molecule has 0 saturated heterocycles. The van der Waals surface area contributed by atoms with Crippen molar-refractivity contribution in [3.05, 3.63) is 0 Å². The predicted octanol–water partition coefficient (Wildman–Crippen LogP) is 2.04. The van der Waals surface area contributed by atoms with Gasteiger partial charge in [0.1, 0.15) is 0 Å². The van der Waals surface area contributed by atoms with Crippen molar-refractivity contribution in [2.24, 2.45) is 17.3 Å². The van der Waals surface area contributed by atoms with E-state index < -0.39 is 0 Å². The van der Waals surface area contributed by atoms with Gasteiger partial charge in [0.2, 0.25) is 0 Å². The molecule has 0 spiro atoms. The summed E-state index contributed by atoms with van der Waals surface area (Å²) in [7, 11) is 1.83. The topological polar surface area (TPSA) is 21.3 Å². The Morgan fingerprint density at radius 1 is 1.29 bits per heavy atom. The first-order valence-electron chi connectivity index (χ1n) is 5.77. The number of ether oxygens (including phenoxy) is 1. The molecule has 3 unspecified atom stereocenters. The lowest BCUT2D eigenvalue weighted by Gasteiger charge is -2.57. The summed E-state index contributed by atoms with van der Waals surface area (Å²) in [5.41, 5.74) is 0.302. The molecule has 0 heterocycles. The lowest BCUT2D eigenvalue weighted by Crippen LogP contribution is -2.67. The molecular weight excluding hydrogens is 174 g/mol. The van der Waals surface area contributed by atoms with Crippen LogP contribution < -0.4 is 5.32 Å². The van der Waals surface area contributed by atoms with Crippen LogP contribution in [0.3, 0.4) is 0 Å². The van der Waals surface area contributed by atoms with E-state index in [1.165, 1.54) is 6.42 Å². The number of nitrogens with one attached hydrogen (secondary N) is 1. The highest BCUT2D eigenvalue weighted by Crippen LogP contribution is 2.48. The summed E-state index contributed by atoms with van der Waals surface area (Å²) in [6.45, 7) is 9.24. The molecule has 2 nitrogen and oxygen atoms in total. The molecule has 1 N–H and O–H groups in total. The van der Waals surface area contributed by atoms with Crippen LogP contribution in [0.25, 0.3) is 0 Å². The SMILES string of the molecule is COC1C(C)C(N[C@@H]2C[C@H]2C)C1(C)C. The predicted molar refractivity (Wildman–Crippen MR) is 58.2 cm³/mol. The summed E-state index contributed by atoms with van der Waals surface area (Å²) in [5.74, 6) is 1.54. The molecule has 0 aliphatic heterocycles. The van der Waals surface area contributed by atoms with E-state index in [9.17, 15) is 0 Å². The average Bonchev–Trinajstić information content (AvgIpc) is 2.78. The number of hydrogen-bond donors (Lipinski definition) is 1. The van der Waals surface area contributed by atoms with Gasteiger partial charge in [0.15, 0.2) is 0 Å². The molecule has 0 aromatic heterocycles. The second kappa shape index (κ2) is 3.21. The van der Waals surface area contributed by atoms with Crippen LogP contribution in [0, 0.1) is 17.3 Å². The summed E-state index contributed by atoms with van der Waals surface area (Å²) < 4.78 is 5.53. The van der Waals surface area contributed by atoms with Gasteiger partial charge in [-0.2, -0.15) is 0 Å². The fraction of sp³-hybridized carbons (Fsp3) is 1.00. The first kappa shape index (κ1) is 10.4. The van der Waals surface area contributed by atoms with E-state index in [0.29, 0.717) is 23.5 Å². The van der Waals surface area contributed by atoms with Gasteiger partial charge in [0.05, 0.1) is 6.10 Å². The van der Waals surface area contributed by atoms with E-state index in [0.717, 1.165) is 12.0 Å². The zero-order valence-corrected chi connectivity index (χ0v) is 10.0. The highest BCUT2D eigenvalue weighted by atomic mass is 16.5. The highest BCUT2D eigenvalue weighted by molar-refractivity contribution is 5.10. The Hall–Kier alpha value is -0.0800. The maximum Gasteiger partial charge on any atom is 0.0677 e. The van der Waals surface area contributed by atoms with Gasteiger partial charge in [-0.25, -0.2) is 0 Å². The fourth-order valence-corrected chi connectivity index (χ4v) is 3.26. The summed E-state index contributed by atoms with van der Waals surface area (Å²) in [6.07, 6.45) is 1.78. The number of hydrogen-bond acceptors (Lipinski definition) is 2. The van der Waals surface area contributed by atoms with Gasteiger partial charge in [-0.05, 0) is 18.3 Å². The Kier molecular flexibility index (Phi) is 2.39. The molecule has 82 valence electrons. The van der Waals surface area contributed by atoms with Crippen LogP contribution in [0.4, 0.5) is 0 Å². The molecule has 2 rings (SSSR count). The van der Waals surface area contributed by atoms with Crippen molar-refractivity contribution in [1.29, 1.82) is 0 Å². The third kappa shape index (κ3) is 1.40. The minimum absolute atomic E-state index is 0.302. The van der Waals surface area contributed by atoms with Crippen LogP contribution in [0.15, 0.2) is 0 Å². The van der Waals surface area contributed by atoms with Gasteiger partial charge in [-0.15, -0.1) is 0 Å². The Morgan fingerprint density at radius 3 is 2.21 bits per heavy atom. The van der Waals surface area contributed by atoms with Gasteiger partial charge in [-0.1, -0.05) is 27.7 Å². The van der Waals surface area contributed by atoms with E-state index in [-0.39, 0.29) is 0 Å². The second-order valence-corrected chi connectivity index (χ2v) is 5.80. The number of rotatable bonds is 3. The Labute approximate surface area is 87.4 Å². The first-order chi connectivity index (χ1) is 6.48. The quantitative estimate of drug-likeness (QED) is 0.747. The second-order valence-electron chi connectivity index (χ2n) is 5.80. The summed E-state index contributed by atoms with van der Waals surface area (Å²) in [5, 5.41) is 3.76. The van der Waals surface area contributed by atoms with Crippen LogP contribution in [0.2, 0.25) is 0 Å². The van der Waals surface area contributed by atoms with Crippen molar-refractivity contribution in [2.75, 3.05) is 7.11 Å². The Bertz CT molecular complexity index is 226. The summed E-state index contributed by atoms with van der Waals surface area (Å²) >= 11 is 0. The zero-order chi connectivity index (χ0) is 10.5. The average molecular weight is 197 g/mol. The lowest BCUT2D eigenvalue weighted by atomic mass is 9.58. The molecule has 0 bridgehead atoms. The molecule has 0 amide bonds. The van der Waals surface area contributed by atoms with Gasteiger partial charge in [0, 0.05) is 24.6 Å². The van der Waals surface area contributed by atoms with Crippen molar-refractivity contribution in [2.45, 2.75) is 52.3 Å². The number of methoxy groups -OCH3 is 1. The van der Waals surface area contributed by atoms with Crippen LogP contribution >= 0.6 is 0 Å². The maximum atomic E-state index is 5.53. The molecule has 2 saturated carbocycles. The minimum atomic E-state index is 0.302. The molecule has 2 heteroatoms. The maximum absolute atomic E-state index is 5.53. The summed E-state index contributed by atoms with van der Waals surface area (Å²) in [4.78, 5) is 0. The van der Waals surface area contributed by atoms with Crippen molar-refractivity contribution in [1.82, 2.24) is 5.32 Å². The van der Waals surface area contributed by atoms with E-state index in [1.807, 2.05) is 7.11 Å². The van der Waals surface area contributed by atoms with Crippen LogP contribution in [-0.4, -0.2) is 25.3 Å². The lowest BCUT2D eigenvalue weighted by molar-refractivity contribution is -0.145. The van der Waals surface area contributed by atoms with E-state index in [2.05, 4.69) is 33.0 Å². The van der Waals surface area contributed by atoms with E-state index in [4.69, 9.17) is 4.74 Å². The molecule has 0 radical (unpaired) electrons. The Balaban J connectivity index is 1.93. The molecule has 2 aliphatic rings. The monoisotopic (exact) mass is 197 g/mol. The minimum Gasteiger partial charge on any atom is -0.380 e. The largest absolute Gasteiger partial charge is 0.380 e. The first-order valence-corrected chi connectivity index (χ1v) is 5.77. The third-order valence-electron chi connectivity index (χ3n) is 4.30. The van der Waals surface area contributed by atoms with Crippen LogP contribution in [0.5, 0.6) is 0 Å². The van der Waals surface area contributed by atoms with Crippen molar-refractivity contribution < 1.29 is 4.74 Å². The smallest absolute Gasteiger partial charge is 0.0677 e. The zero-order valence-electron chi connectivity index (χ0n) is 10.0. The van der Waals surface area contributed by atoms with Crippen molar-refractivity contribution in [3.63, 3.8) is 0 Å². The molecule has 2 aliphatic carbocycles. The van der Waals surface area contributed by atoms with Crippen molar-refractivity contribution in [3.8, 4) is 0 Å². The van der Waals surface area contributed by atoms with Gasteiger partial charge in [-0.3, -0.25) is 0 Å². The molecule has 0 aromatic carbocycles. The van der Waals surface area contributed by atoms with Crippen LogP contribution in [-0.2, 0) is 4.74 Å². The van der Waals surface area contributed by atoms with E-state index in [1.54, 1.807) is 0 Å². The highest BCUT2D eigenvalue weighted by Gasteiger charge is 2.56. The van der Waals surface area contributed by atoms with Gasteiger partial charge >= 0.3 is 0 Å². The molecule has 0 aromatic rings. The Morgan fingerprint density at radius 2 is 1.86 bits per heavy atom. The standard InChI is InChI=1S/C12H23NO/c1-7-6-9(7)13-10-8(2)11(14-5)12(10,3)4/h7-11,13H,6H2,1-5H3/t7-,8?,9-,10?,11?/m1/s1. The van der Waals surface area contributed by atoms with Crippen molar-refractivity contribution >= 4 is 0 Å². The van der Waals surface area contributed by atoms with Gasteiger partial charge in [0.25, 0.3) is 0 Å². The summed E-state index contributed by atoms with van der Waals surface area (Å²) in [6, 6.07) is 1.42. The molecular formula is C12H23NO. The van der Waals surface area contributed by atoms with Gasteiger partial charge < -0.3 is 10.1 Å². The third-order valence-corrected chi connectivity index (χ3v) is 4.30. The molecule has 5 atom stereocenters. The molecule has 14 heavy (non-hydrogen) atoms.